The second-order valence-electron chi connectivity index (χ2n) is 6.99. The van der Waals surface area contributed by atoms with Crippen molar-refractivity contribution in [3.63, 3.8) is 0 Å². The highest BCUT2D eigenvalue weighted by atomic mass is 79.9. The summed E-state index contributed by atoms with van der Waals surface area (Å²) in [5.74, 6) is 0.423. The third kappa shape index (κ3) is 4.75. The average Bonchev–Trinajstić information content (AvgIpc) is 3.29. The van der Waals surface area contributed by atoms with Crippen LogP contribution in [0.4, 0.5) is 19.1 Å². The van der Waals surface area contributed by atoms with E-state index >= 15 is 0 Å². The van der Waals surface area contributed by atoms with Crippen molar-refractivity contribution in [1.29, 1.82) is 0 Å². The SMILES string of the molecule is O=c1[nH]c2cnc(NC[C@@H]3CCNC3)nc2n1Cc1ccc(Br)cc1OC(F)(F)F. The lowest BCUT2D eigenvalue weighted by Crippen LogP contribution is -2.21. The van der Waals surface area contributed by atoms with E-state index in [9.17, 15) is 18.0 Å². The van der Waals surface area contributed by atoms with Gasteiger partial charge in [-0.25, -0.2) is 9.78 Å². The van der Waals surface area contributed by atoms with E-state index in [-0.39, 0.29) is 17.9 Å². The molecule has 4 rings (SSSR count). The first kappa shape index (κ1) is 20.7. The molecule has 1 saturated heterocycles. The van der Waals surface area contributed by atoms with Crippen LogP contribution in [0.1, 0.15) is 12.0 Å². The van der Waals surface area contributed by atoms with Crippen LogP contribution >= 0.6 is 15.9 Å². The smallest absolute Gasteiger partial charge is 0.405 e. The summed E-state index contributed by atoms with van der Waals surface area (Å²) in [4.78, 5) is 23.6. The van der Waals surface area contributed by atoms with Crippen LogP contribution in [-0.4, -0.2) is 45.5 Å². The number of aromatic amines is 1. The van der Waals surface area contributed by atoms with Crippen molar-refractivity contribution in [1.82, 2.24) is 24.8 Å². The fourth-order valence-electron chi connectivity index (χ4n) is 3.35. The van der Waals surface area contributed by atoms with Gasteiger partial charge in [-0.15, -0.1) is 13.2 Å². The number of fused-ring (bicyclic) bond motifs is 1. The van der Waals surface area contributed by atoms with E-state index in [1.54, 1.807) is 6.07 Å². The summed E-state index contributed by atoms with van der Waals surface area (Å²) in [5.41, 5.74) is 0.368. The molecule has 3 aromatic rings. The van der Waals surface area contributed by atoms with Gasteiger partial charge in [-0.2, -0.15) is 4.98 Å². The first-order valence-corrected chi connectivity index (χ1v) is 10.0. The van der Waals surface area contributed by atoms with Crippen molar-refractivity contribution < 1.29 is 17.9 Å². The molecule has 30 heavy (non-hydrogen) atoms. The van der Waals surface area contributed by atoms with Gasteiger partial charge < -0.3 is 20.4 Å². The van der Waals surface area contributed by atoms with E-state index in [4.69, 9.17) is 0 Å². The molecule has 0 unspecified atom stereocenters. The molecule has 0 radical (unpaired) electrons. The Morgan fingerprint density at radius 3 is 2.93 bits per heavy atom. The summed E-state index contributed by atoms with van der Waals surface area (Å²) in [5, 5.41) is 6.43. The van der Waals surface area contributed by atoms with E-state index in [1.165, 1.54) is 22.9 Å². The minimum atomic E-state index is -4.85. The summed E-state index contributed by atoms with van der Waals surface area (Å²) >= 11 is 3.14. The normalized spacial score (nSPS) is 16.9. The average molecular weight is 487 g/mol. The largest absolute Gasteiger partial charge is 0.573 e. The van der Waals surface area contributed by atoms with Gasteiger partial charge in [0.1, 0.15) is 11.3 Å². The van der Waals surface area contributed by atoms with Gasteiger partial charge in [0.05, 0.1) is 12.7 Å². The second-order valence-corrected chi connectivity index (χ2v) is 7.90. The fourth-order valence-corrected chi connectivity index (χ4v) is 3.69. The molecule has 0 aliphatic carbocycles. The number of alkyl halides is 3. The van der Waals surface area contributed by atoms with Crippen molar-refractivity contribution in [2.75, 3.05) is 25.0 Å². The molecule has 0 spiro atoms. The van der Waals surface area contributed by atoms with Crippen LogP contribution in [0.3, 0.4) is 0 Å². The van der Waals surface area contributed by atoms with Crippen molar-refractivity contribution in [3.8, 4) is 5.75 Å². The third-order valence-corrected chi connectivity index (χ3v) is 5.30. The van der Waals surface area contributed by atoms with Crippen LogP contribution in [0.25, 0.3) is 11.2 Å². The number of nitrogens with zero attached hydrogens (tertiary/aromatic N) is 3. The van der Waals surface area contributed by atoms with E-state index in [1.807, 2.05) is 0 Å². The summed E-state index contributed by atoms with van der Waals surface area (Å²) in [6, 6.07) is 4.25. The molecule has 2 aromatic heterocycles. The van der Waals surface area contributed by atoms with Crippen LogP contribution in [-0.2, 0) is 6.54 Å². The molecule has 3 heterocycles. The first-order chi connectivity index (χ1) is 14.3. The third-order valence-electron chi connectivity index (χ3n) is 4.81. The quantitative estimate of drug-likeness (QED) is 0.495. The number of halogens is 4. The maximum atomic E-state index is 12.8. The van der Waals surface area contributed by atoms with Crippen LogP contribution in [0, 0.1) is 5.92 Å². The number of hydrogen-bond acceptors (Lipinski definition) is 6. The predicted octanol–water partition coefficient (Wildman–Crippen LogP) is 2.85. The minimum Gasteiger partial charge on any atom is -0.405 e. The van der Waals surface area contributed by atoms with Crippen molar-refractivity contribution in [2.24, 2.45) is 5.92 Å². The van der Waals surface area contributed by atoms with Crippen LogP contribution in [0.15, 0.2) is 33.7 Å². The van der Waals surface area contributed by atoms with Crippen molar-refractivity contribution in [2.45, 2.75) is 19.3 Å². The van der Waals surface area contributed by atoms with E-state index in [0.717, 1.165) is 19.5 Å². The Hall–Kier alpha value is -2.60. The number of imidazole rings is 1. The van der Waals surface area contributed by atoms with Gasteiger partial charge in [0.2, 0.25) is 5.95 Å². The van der Waals surface area contributed by atoms with Gasteiger partial charge in [-0.05, 0) is 37.6 Å². The van der Waals surface area contributed by atoms with Gasteiger partial charge >= 0.3 is 12.1 Å². The number of nitrogens with one attached hydrogen (secondary N) is 3. The van der Waals surface area contributed by atoms with Crippen molar-refractivity contribution >= 4 is 33.0 Å². The molecule has 1 aliphatic heterocycles. The molecule has 1 atom stereocenters. The zero-order valence-corrected chi connectivity index (χ0v) is 17.2. The van der Waals surface area contributed by atoms with Crippen LogP contribution in [0.5, 0.6) is 5.75 Å². The molecule has 0 amide bonds. The van der Waals surface area contributed by atoms with E-state index in [2.05, 4.69) is 46.3 Å². The lowest BCUT2D eigenvalue weighted by molar-refractivity contribution is -0.274. The zero-order chi connectivity index (χ0) is 21.3. The van der Waals surface area contributed by atoms with Gasteiger partial charge in [0.25, 0.3) is 0 Å². The monoisotopic (exact) mass is 486 g/mol. The van der Waals surface area contributed by atoms with Crippen LogP contribution in [0.2, 0.25) is 0 Å². The summed E-state index contributed by atoms with van der Waals surface area (Å²) < 4.78 is 44.2. The highest BCUT2D eigenvalue weighted by Crippen LogP contribution is 2.30. The number of hydrogen-bond donors (Lipinski definition) is 3. The Morgan fingerprint density at radius 1 is 1.37 bits per heavy atom. The molecule has 8 nitrogen and oxygen atoms in total. The molecule has 1 fully saturated rings. The Balaban J connectivity index is 1.63. The van der Waals surface area contributed by atoms with Crippen molar-refractivity contribution in [3.05, 3.63) is 44.9 Å². The maximum absolute atomic E-state index is 12.8. The second kappa shape index (κ2) is 8.26. The number of ether oxygens (including phenoxy) is 1. The number of H-pyrrole nitrogens is 1. The molecule has 3 N–H and O–H groups in total. The van der Waals surface area contributed by atoms with E-state index < -0.39 is 12.1 Å². The molecular formula is C18H18BrF3N6O2. The summed E-state index contributed by atoms with van der Waals surface area (Å²) in [6.45, 7) is 2.42. The topological polar surface area (TPSA) is 96.9 Å². The van der Waals surface area contributed by atoms with Gasteiger partial charge in [0.15, 0.2) is 5.65 Å². The lowest BCUT2D eigenvalue weighted by Gasteiger charge is -2.14. The highest BCUT2D eigenvalue weighted by Gasteiger charge is 2.32. The maximum Gasteiger partial charge on any atom is 0.573 e. The predicted molar refractivity (Wildman–Crippen MR) is 108 cm³/mol. The molecule has 160 valence electrons. The Morgan fingerprint density at radius 2 is 2.20 bits per heavy atom. The Labute approximate surface area is 177 Å². The number of anilines is 1. The Bertz CT molecular complexity index is 1110. The van der Waals surface area contributed by atoms with E-state index in [0.29, 0.717) is 34.0 Å². The minimum absolute atomic E-state index is 0.152. The number of rotatable bonds is 6. The molecule has 0 bridgehead atoms. The molecule has 1 aliphatic rings. The summed E-state index contributed by atoms with van der Waals surface area (Å²) in [7, 11) is 0. The van der Waals surface area contributed by atoms with Gasteiger partial charge in [-0.3, -0.25) is 4.57 Å². The molecule has 0 saturated carbocycles. The zero-order valence-electron chi connectivity index (χ0n) is 15.6. The number of benzene rings is 1. The molecule has 1 aromatic carbocycles. The van der Waals surface area contributed by atoms with Crippen LogP contribution < -0.4 is 21.1 Å². The number of aromatic nitrogens is 4. The standard InChI is InChI=1S/C18H18BrF3N6O2/c19-12-2-1-11(14(5-12)30-18(20,21)22)9-28-15-13(26-17(28)29)8-25-16(27-15)24-7-10-3-4-23-6-10/h1-2,5,8,10,23H,3-4,6-7,9H2,(H,26,29)(H,24,25,27)/t10-/m1/s1. The Kier molecular flexibility index (Phi) is 5.69. The lowest BCUT2D eigenvalue weighted by atomic mass is 10.1. The first-order valence-electron chi connectivity index (χ1n) is 9.23. The fraction of sp³-hybridized carbons (Fsp3) is 0.389. The highest BCUT2D eigenvalue weighted by molar-refractivity contribution is 9.10. The summed E-state index contributed by atoms with van der Waals surface area (Å²) in [6.07, 6.45) is -2.32. The molecular weight excluding hydrogens is 469 g/mol. The van der Waals surface area contributed by atoms with Gasteiger partial charge in [0, 0.05) is 16.6 Å². The van der Waals surface area contributed by atoms with Gasteiger partial charge in [-0.1, -0.05) is 22.0 Å². The molecule has 12 heteroatoms.